The number of rotatable bonds is 2. The van der Waals surface area contributed by atoms with Crippen LogP contribution < -0.4 is 5.32 Å². The first-order valence-electron chi connectivity index (χ1n) is 5.91. The summed E-state index contributed by atoms with van der Waals surface area (Å²) in [5, 5.41) is 4.10. The van der Waals surface area contributed by atoms with Gasteiger partial charge in [-0.25, -0.2) is 9.97 Å². The molecule has 0 fully saturated rings. The van der Waals surface area contributed by atoms with Gasteiger partial charge in [-0.15, -0.1) is 6.42 Å². The first-order valence-corrected chi connectivity index (χ1v) is 5.91. The molecule has 0 aliphatic rings. The summed E-state index contributed by atoms with van der Waals surface area (Å²) in [5.41, 5.74) is 2.66. The number of hydrogen-bond acceptors (Lipinski definition) is 3. The summed E-state index contributed by atoms with van der Waals surface area (Å²) < 4.78 is 0. The number of nitrogens with zero attached hydrogens (tertiary/aromatic N) is 2. The molecule has 3 aromatic rings. The van der Waals surface area contributed by atoms with Gasteiger partial charge in [-0.2, -0.15) is 0 Å². The fourth-order valence-corrected chi connectivity index (χ4v) is 1.83. The van der Waals surface area contributed by atoms with E-state index in [0.717, 1.165) is 22.2 Å². The molecule has 3 heteroatoms. The average molecular weight is 245 g/mol. The van der Waals surface area contributed by atoms with E-state index in [-0.39, 0.29) is 0 Å². The Hall–Kier alpha value is -2.86. The minimum absolute atomic E-state index is 0.576. The molecule has 0 atom stereocenters. The van der Waals surface area contributed by atoms with Crippen LogP contribution in [0.2, 0.25) is 0 Å². The van der Waals surface area contributed by atoms with Crippen molar-refractivity contribution < 1.29 is 0 Å². The van der Waals surface area contributed by atoms with Gasteiger partial charge in [-0.3, -0.25) is 0 Å². The Bertz CT molecular complexity index is 758. The van der Waals surface area contributed by atoms with Crippen LogP contribution in [0.3, 0.4) is 0 Å². The van der Waals surface area contributed by atoms with E-state index in [9.17, 15) is 0 Å². The molecule has 90 valence electrons. The molecule has 3 rings (SSSR count). The molecule has 0 radical (unpaired) electrons. The highest BCUT2D eigenvalue weighted by Gasteiger charge is 2.01. The standard InChI is InChI=1S/C16H11N3/c1-2-12-8-9-15-13(10-12)11-17-16(19-15)18-14-6-4-3-5-7-14/h1,3-11H,(H,17,18,19). The van der Waals surface area contributed by atoms with E-state index in [0.29, 0.717) is 5.95 Å². The van der Waals surface area contributed by atoms with Gasteiger partial charge >= 0.3 is 0 Å². The SMILES string of the molecule is C#Cc1ccc2nc(Nc3ccccc3)ncc2c1. The molecule has 0 amide bonds. The summed E-state index contributed by atoms with van der Waals surface area (Å²) in [6.07, 6.45) is 7.14. The van der Waals surface area contributed by atoms with Gasteiger partial charge in [-0.1, -0.05) is 24.1 Å². The van der Waals surface area contributed by atoms with Crippen molar-refractivity contribution in [3.63, 3.8) is 0 Å². The van der Waals surface area contributed by atoms with E-state index in [1.165, 1.54) is 0 Å². The third-order valence-electron chi connectivity index (χ3n) is 2.78. The number of aromatic nitrogens is 2. The molecule has 0 aliphatic heterocycles. The highest BCUT2D eigenvalue weighted by Crippen LogP contribution is 2.17. The fourth-order valence-electron chi connectivity index (χ4n) is 1.83. The second-order valence-electron chi connectivity index (χ2n) is 4.10. The lowest BCUT2D eigenvalue weighted by molar-refractivity contribution is 1.21. The Morgan fingerprint density at radius 1 is 1.05 bits per heavy atom. The van der Waals surface area contributed by atoms with E-state index < -0.39 is 0 Å². The number of benzene rings is 2. The van der Waals surface area contributed by atoms with Crippen molar-refractivity contribution in [2.45, 2.75) is 0 Å². The van der Waals surface area contributed by atoms with Gasteiger partial charge in [0.2, 0.25) is 5.95 Å². The first-order chi connectivity index (χ1) is 9.35. The molecule has 0 saturated carbocycles. The maximum atomic E-state index is 5.37. The Labute approximate surface area is 111 Å². The van der Waals surface area contributed by atoms with Gasteiger partial charge in [0.25, 0.3) is 0 Å². The Balaban J connectivity index is 1.96. The quantitative estimate of drug-likeness (QED) is 0.703. The summed E-state index contributed by atoms with van der Waals surface area (Å²) in [7, 11) is 0. The topological polar surface area (TPSA) is 37.8 Å². The summed E-state index contributed by atoms with van der Waals surface area (Å²) >= 11 is 0. The first kappa shape index (κ1) is 11.2. The molecular formula is C16H11N3. The van der Waals surface area contributed by atoms with Crippen LogP contribution in [0.25, 0.3) is 10.9 Å². The third-order valence-corrected chi connectivity index (χ3v) is 2.78. The van der Waals surface area contributed by atoms with Crippen molar-refractivity contribution in [3.05, 3.63) is 60.3 Å². The Morgan fingerprint density at radius 2 is 1.89 bits per heavy atom. The second-order valence-corrected chi connectivity index (χ2v) is 4.10. The lowest BCUT2D eigenvalue weighted by atomic mass is 10.1. The molecule has 1 heterocycles. The van der Waals surface area contributed by atoms with Crippen LogP contribution in [0, 0.1) is 12.3 Å². The van der Waals surface area contributed by atoms with E-state index in [1.807, 2.05) is 48.5 Å². The van der Waals surface area contributed by atoms with Crippen LogP contribution in [0.4, 0.5) is 11.6 Å². The minimum Gasteiger partial charge on any atom is -0.324 e. The summed E-state index contributed by atoms with van der Waals surface area (Å²) in [4.78, 5) is 8.74. The van der Waals surface area contributed by atoms with Gasteiger partial charge < -0.3 is 5.32 Å². The van der Waals surface area contributed by atoms with Crippen LogP contribution in [-0.2, 0) is 0 Å². The Kier molecular flexibility index (Phi) is 2.83. The van der Waals surface area contributed by atoms with Crippen molar-refractivity contribution in [2.75, 3.05) is 5.32 Å². The molecule has 2 aromatic carbocycles. The van der Waals surface area contributed by atoms with Gasteiger partial charge in [0.05, 0.1) is 5.52 Å². The van der Waals surface area contributed by atoms with E-state index in [1.54, 1.807) is 6.20 Å². The van der Waals surface area contributed by atoms with E-state index >= 15 is 0 Å². The minimum atomic E-state index is 0.576. The maximum absolute atomic E-state index is 5.37. The molecular weight excluding hydrogens is 234 g/mol. The summed E-state index contributed by atoms with van der Waals surface area (Å²) in [6, 6.07) is 15.5. The largest absolute Gasteiger partial charge is 0.324 e. The molecule has 0 aliphatic carbocycles. The van der Waals surface area contributed by atoms with Crippen LogP contribution >= 0.6 is 0 Å². The molecule has 0 spiro atoms. The zero-order valence-electron chi connectivity index (χ0n) is 10.2. The molecule has 3 nitrogen and oxygen atoms in total. The van der Waals surface area contributed by atoms with Crippen LogP contribution in [0.1, 0.15) is 5.56 Å². The van der Waals surface area contributed by atoms with Crippen molar-refractivity contribution in [3.8, 4) is 12.3 Å². The van der Waals surface area contributed by atoms with Crippen molar-refractivity contribution in [1.82, 2.24) is 9.97 Å². The van der Waals surface area contributed by atoms with Crippen LogP contribution in [-0.4, -0.2) is 9.97 Å². The van der Waals surface area contributed by atoms with Crippen molar-refractivity contribution >= 4 is 22.5 Å². The van der Waals surface area contributed by atoms with Crippen molar-refractivity contribution in [1.29, 1.82) is 0 Å². The number of fused-ring (bicyclic) bond motifs is 1. The number of terminal acetylenes is 1. The molecule has 0 saturated heterocycles. The van der Waals surface area contributed by atoms with Crippen LogP contribution in [0.5, 0.6) is 0 Å². The summed E-state index contributed by atoms with van der Waals surface area (Å²) in [6.45, 7) is 0. The fraction of sp³-hybridized carbons (Fsp3) is 0. The van der Waals surface area contributed by atoms with Crippen molar-refractivity contribution in [2.24, 2.45) is 0 Å². The molecule has 19 heavy (non-hydrogen) atoms. The Morgan fingerprint density at radius 3 is 2.68 bits per heavy atom. The second kappa shape index (κ2) is 4.79. The van der Waals surface area contributed by atoms with Gasteiger partial charge in [0.15, 0.2) is 0 Å². The predicted octanol–water partition coefficient (Wildman–Crippen LogP) is 3.35. The molecule has 0 unspecified atom stereocenters. The maximum Gasteiger partial charge on any atom is 0.227 e. The van der Waals surface area contributed by atoms with E-state index in [4.69, 9.17) is 6.42 Å². The average Bonchev–Trinajstić information content (AvgIpc) is 2.48. The summed E-state index contributed by atoms with van der Waals surface area (Å²) in [5.74, 6) is 3.18. The smallest absolute Gasteiger partial charge is 0.227 e. The van der Waals surface area contributed by atoms with Gasteiger partial charge in [0, 0.05) is 22.8 Å². The zero-order valence-corrected chi connectivity index (χ0v) is 10.2. The van der Waals surface area contributed by atoms with Gasteiger partial charge in [0.1, 0.15) is 0 Å². The van der Waals surface area contributed by atoms with Gasteiger partial charge in [-0.05, 0) is 30.3 Å². The highest BCUT2D eigenvalue weighted by atomic mass is 15.1. The third kappa shape index (κ3) is 2.38. The highest BCUT2D eigenvalue weighted by molar-refractivity contribution is 5.80. The number of para-hydroxylation sites is 1. The predicted molar refractivity (Wildman–Crippen MR) is 77.2 cm³/mol. The van der Waals surface area contributed by atoms with Crippen LogP contribution in [0.15, 0.2) is 54.7 Å². The lowest BCUT2D eigenvalue weighted by Gasteiger charge is -2.05. The molecule has 1 aromatic heterocycles. The van der Waals surface area contributed by atoms with E-state index in [2.05, 4.69) is 21.2 Å². The number of nitrogens with one attached hydrogen (secondary N) is 1. The number of anilines is 2. The molecule has 1 N–H and O–H groups in total. The number of hydrogen-bond donors (Lipinski definition) is 1. The molecule has 0 bridgehead atoms. The normalized spacial score (nSPS) is 10.1. The monoisotopic (exact) mass is 245 g/mol. The lowest BCUT2D eigenvalue weighted by Crippen LogP contribution is -1.96. The zero-order chi connectivity index (χ0) is 13.1.